The molecule has 0 unspecified atom stereocenters. The minimum atomic E-state index is -0.579. The maximum absolute atomic E-state index is 13.0. The van der Waals surface area contributed by atoms with Gasteiger partial charge in [0, 0.05) is 46.4 Å². The van der Waals surface area contributed by atoms with Gasteiger partial charge < -0.3 is 30.8 Å². The second kappa shape index (κ2) is 13.2. The minimum absolute atomic E-state index is 0.235. The zero-order chi connectivity index (χ0) is 30.2. The number of esters is 1. The standard InChI is InChI=1S/C31H25N5O4.CH3O/c1-39-31(38)26-14-20(30(37)35-13-12-18-2-4-19(5-3-18)17-36-34)6-9-23(26)29-24-10-7-21(32)15-27(24)40-28-16-22(33)8-11-25(28)29;1-2/h2-11,14-17,32H,12-13,33H2,1H3,(H,35,37);1H3/q;-1/p+1. The Labute approximate surface area is 241 Å². The van der Waals surface area contributed by atoms with Crippen molar-refractivity contribution in [1.29, 1.82) is 0 Å². The molecular weight excluding hydrogens is 534 g/mol. The van der Waals surface area contributed by atoms with Crippen LogP contribution in [0.4, 0.5) is 5.69 Å². The summed E-state index contributed by atoms with van der Waals surface area (Å²) in [4.78, 5) is 29.0. The molecule has 10 heteroatoms. The summed E-state index contributed by atoms with van der Waals surface area (Å²) in [6, 6.07) is 23.0. The van der Waals surface area contributed by atoms with Crippen LogP contribution in [0.1, 0.15) is 31.8 Å². The summed E-state index contributed by atoms with van der Waals surface area (Å²) >= 11 is 0. The van der Waals surface area contributed by atoms with E-state index in [1.807, 2.05) is 36.4 Å². The lowest BCUT2D eigenvalue weighted by Gasteiger charge is -2.18. The van der Waals surface area contributed by atoms with Crippen molar-refractivity contribution in [1.82, 2.24) is 5.32 Å². The van der Waals surface area contributed by atoms with Crippen molar-refractivity contribution in [3.8, 4) is 22.5 Å². The molecule has 0 saturated heterocycles. The summed E-state index contributed by atoms with van der Waals surface area (Å²) < 4.78 is 11.2. The molecule has 3 aromatic rings. The van der Waals surface area contributed by atoms with E-state index in [4.69, 9.17) is 30.9 Å². The van der Waals surface area contributed by atoms with Gasteiger partial charge >= 0.3 is 5.97 Å². The Morgan fingerprint density at radius 2 is 1.76 bits per heavy atom. The number of hydrogen-bond donors (Lipinski definition) is 3. The van der Waals surface area contributed by atoms with Crippen LogP contribution in [0, 0.1) is 0 Å². The Hall–Kier alpha value is -5.57. The van der Waals surface area contributed by atoms with E-state index in [0.29, 0.717) is 46.5 Å². The van der Waals surface area contributed by atoms with Gasteiger partial charge in [-0.25, -0.2) is 4.79 Å². The molecule has 0 atom stereocenters. The van der Waals surface area contributed by atoms with E-state index in [-0.39, 0.29) is 11.5 Å². The monoisotopic (exact) mass is 563 g/mol. The lowest BCUT2D eigenvalue weighted by atomic mass is 9.89. The molecule has 1 amide bonds. The number of rotatable bonds is 7. The fourth-order valence-corrected chi connectivity index (χ4v) is 4.66. The second-order valence-corrected chi connectivity index (χ2v) is 9.23. The van der Waals surface area contributed by atoms with E-state index >= 15 is 0 Å². The average Bonchev–Trinajstić information content (AvgIpc) is 3.01. The molecule has 1 aliphatic carbocycles. The van der Waals surface area contributed by atoms with Gasteiger partial charge in [0.05, 0.1) is 24.3 Å². The van der Waals surface area contributed by atoms with E-state index in [1.165, 1.54) is 19.4 Å². The molecule has 5 N–H and O–H groups in total. The van der Waals surface area contributed by atoms with Crippen LogP contribution in [0.15, 0.2) is 83.3 Å². The van der Waals surface area contributed by atoms with Gasteiger partial charge in [-0.2, -0.15) is 11.9 Å². The number of nitrogens with one attached hydrogen (secondary N) is 1. The van der Waals surface area contributed by atoms with Crippen molar-refractivity contribution in [2.24, 2.45) is 0 Å². The molecule has 2 aliphatic rings. The van der Waals surface area contributed by atoms with E-state index in [9.17, 15) is 9.59 Å². The number of methoxy groups -OCH3 is 1. The van der Waals surface area contributed by atoms with Crippen molar-refractivity contribution < 1.29 is 34.0 Å². The molecule has 0 fully saturated rings. The summed E-state index contributed by atoms with van der Waals surface area (Å²) in [5.41, 5.74) is 20.1. The van der Waals surface area contributed by atoms with Gasteiger partial charge in [-0.1, -0.05) is 18.2 Å². The Morgan fingerprint density at radius 3 is 2.48 bits per heavy atom. The van der Waals surface area contributed by atoms with Crippen molar-refractivity contribution in [2.45, 2.75) is 6.42 Å². The molecule has 0 radical (unpaired) electrons. The second-order valence-electron chi connectivity index (χ2n) is 9.23. The number of amides is 1. The van der Waals surface area contributed by atoms with Crippen LogP contribution in [0.2, 0.25) is 0 Å². The summed E-state index contributed by atoms with van der Waals surface area (Å²) in [5.74, 6) is -0.370. The van der Waals surface area contributed by atoms with Gasteiger partial charge in [-0.3, -0.25) is 10.2 Å². The summed E-state index contributed by atoms with van der Waals surface area (Å²) in [6.07, 6.45) is 1.94. The fraction of sp³-hybridized carbons (Fsp3) is 0.125. The molecule has 10 nitrogen and oxygen atoms in total. The van der Waals surface area contributed by atoms with Crippen LogP contribution >= 0.6 is 0 Å². The predicted octanol–water partition coefficient (Wildman–Crippen LogP) is 1.83. The van der Waals surface area contributed by atoms with Crippen LogP contribution in [0.25, 0.3) is 39.0 Å². The van der Waals surface area contributed by atoms with Crippen molar-refractivity contribution in [2.75, 3.05) is 26.5 Å². The number of ether oxygens (including phenoxy) is 1. The van der Waals surface area contributed by atoms with Gasteiger partial charge in [-0.05, 0) is 60.0 Å². The highest BCUT2D eigenvalue weighted by Gasteiger charge is 2.23. The maximum Gasteiger partial charge on any atom is 0.338 e. The fourth-order valence-electron chi connectivity index (χ4n) is 4.66. The molecule has 1 heterocycles. The number of nitrogens with zero attached hydrogens (tertiary/aromatic N) is 2. The molecule has 0 bridgehead atoms. The first-order valence-corrected chi connectivity index (χ1v) is 12.9. The Kier molecular flexibility index (Phi) is 9.24. The summed E-state index contributed by atoms with van der Waals surface area (Å²) in [6.45, 7) is 0.389. The van der Waals surface area contributed by atoms with E-state index in [1.54, 1.807) is 36.4 Å². The summed E-state index contributed by atoms with van der Waals surface area (Å²) in [5, 5.41) is 18.4. The molecule has 0 saturated carbocycles. The topological polar surface area (TPSA) is 180 Å². The smallest absolute Gasteiger partial charge is 0.338 e. The van der Waals surface area contributed by atoms with Crippen molar-refractivity contribution in [3.05, 3.63) is 112 Å². The van der Waals surface area contributed by atoms with Gasteiger partial charge in [-0.15, -0.1) is 0 Å². The van der Waals surface area contributed by atoms with Gasteiger partial charge in [0.25, 0.3) is 12.1 Å². The SMILES string of the molecule is COC(=O)c1cc(C(=O)NCCc2ccc(C=[N+]=[N-])cc2)ccc1-c1c2ccc(=[NH2+])cc-2oc2cc(N)ccc12.C[O-]. The zero-order valence-electron chi connectivity index (χ0n) is 23.1. The highest BCUT2D eigenvalue weighted by Crippen LogP contribution is 2.41. The van der Waals surface area contributed by atoms with Gasteiger partial charge in [0.1, 0.15) is 11.3 Å². The minimum Gasteiger partial charge on any atom is -0.857 e. The first kappa shape index (κ1) is 29.4. The number of fused-ring (bicyclic) bond motifs is 2. The van der Waals surface area contributed by atoms with Gasteiger partial charge in [0.2, 0.25) is 0 Å². The summed E-state index contributed by atoms with van der Waals surface area (Å²) in [7, 11) is 2.05. The van der Waals surface area contributed by atoms with Crippen LogP contribution in [0.5, 0.6) is 0 Å². The van der Waals surface area contributed by atoms with Crippen LogP contribution < -0.4 is 26.9 Å². The molecular formula is C32H29N5O5. The molecule has 42 heavy (non-hydrogen) atoms. The number of anilines is 1. The number of hydrogen-bond acceptors (Lipinski definition) is 6. The highest BCUT2D eigenvalue weighted by molar-refractivity contribution is 6.09. The lowest BCUT2D eigenvalue weighted by Crippen LogP contribution is -2.44. The highest BCUT2D eigenvalue weighted by atomic mass is 16.5. The maximum atomic E-state index is 13.0. The van der Waals surface area contributed by atoms with Crippen LogP contribution in [-0.4, -0.2) is 43.6 Å². The number of nitrogen functional groups attached to an aromatic ring is 1. The molecule has 212 valence electrons. The number of carbonyl (C=O) groups is 2. The molecule has 0 spiro atoms. The van der Waals surface area contributed by atoms with Crippen LogP contribution in [0.3, 0.4) is 0 Å². The zero-order valence-corrected chi connectivity index (χ0v) is 23.1. The van der Waals surface area contributed by atoms with E-state index in [0.717, 1.165) is 34.7 Å². The molecule has 3 aromatic carbocycles. The Bertz CT molecular complexity index is 1840. The first-order chi connectivity index (χ1) is 20.4. The lowest BCUT2D eigenvalue weighted by molar-refractivity contribution is -0.325. The average molecular weight is 564 g/mol. The van der Waals surface area contributed by atoms with Crippen molar-refractivity contribution in [3.63, 3.8) is 0 Å². The van der Waals surface area contributed by atoms with E-state index < -0.39 is 5.97 Å². The quantitative estimate of drug-likeness (QED) is 0.0678. The molecule has 1 aliphatic heterocycles. The van der Waals surface area contributed by atoms with Crippen molar-refractivity contribution >= 4 is 34.7 Å². The molecule has 0 aromatic heterocycles. The molecule has 5 rings (SSSR count). The third kappa shape index (κ3) is 6.26. The number of carbonyl (C=O) groups excluding carboxylic acids is 2. The Balaban J connectivity index is 0.00000198. The van der Waals surface area contributed by atoms with Crippen LogP contribution in [-0.2, 0) is 11.2 Å². The number of nitrogens with two attached hydrogens (primary N) is 2. The Morgan fingerprint density at radius 1 is 1.02 bits per heavy atom. The van der Waals surface area contributed by atoms with Gasteiger partial charge in [0.15, 0.2) is 5.36 Å². The normalized spacial score (nSPS) is 10.4. The predicted molar refractivity (Wildman–Crippen MR) is 156 cm³/mol. The third-order valence-electron chi connectivity index (χ3n) is 6.61. The first-order valence-electron chi connectivity index (χ1n) is 12.9. The van der Waals surface area contributed by atoms with E-state index in [2.05, 4.69) is 10.1 Å². The number of benzene rings is 4. The third-order valence-corrected chi connectivity index (χ3v) is 6.61. The largest absolute Gasteiger partial charge is 0.857 e.